The number of rotatable bonds is 12. The fraction of sp³-hybridized carbons (Fsp3) is 0.367. The lowest BCUT2D eigenvalue weighted by Crippen LogP contribution is -2.51. The van der Waals surface area contributed by atoms with E-state index >= 15 is 0 Å². The van der Waals surface area contributed by atoms with Gasteiger partial charge in [0.1, 0.15) is 11.8 Å². The van der Waals surface area contributed by atoms with Crippen LogP contribution in [0.1, 0.15) is 24.8 Å². The molecule has 1 fully saturated rings. The molecule has 0 aromatic heterocycles. The summed E-state index contributed by atoms with van der Waals surface area (Å²) >= 11 is 0. The molecule has 0 bridgehead atoms. The van der Waals surface area contributed by atoms with Crippen LogP contribution in [-0.2, 0) is 26.0 Å². The fourth-order valence-corrected chi connectivity index (χ4v) is 6.98. The number of hydroxylamine groups is 1. The van der Waals surface area contributed by atoms with Gasteiger partial charge in [0.05, 0.1) is 12.0 Å². The van der Waals surface area contributed by atoms with Crippen LogP contribution in [-0.4, -0.2) is 85.2 Å². The van der Waals surface area contributed by atoms with Gasteiger partial charge < -0.3 is 20.1 Å². The van der Waals surface area contributed by atoms with Crippen molar-refractivity contribution in [2.24, 2.45) is 5.92 Å². The number of carboxylic acid groups (broad SMARTS) is 1. The van der Waals surface area contributed by atoms with E-state index in [9.17, 15) is 28.0 Å². The molecule has 1 atom stereocenters. The van der Waals surface area contributed by atoms with Crippen LogP contribution in [0.4, 0.5) is 4.79 Å². The monoisotopic (exact) mass is 612 g/mol. The van der Waals surface area contributed by atoms with Crippen molar-refractivity contribution in [2.45, 2.75) is 36.6 Å². The highest BCUT2D eigenvalue weighted by Crippen LogP contribution is 2.27. The second kappa shape index (κ2) is 14.3. The molecule has 0 saturated carbocycles. The first-order valence-corrected chi connectivity index (χ1v) is 15.4. The number of nitrogens with one attached hydrogen (secondary N) is 2. The molecule has 0 radical (unpaired) electrons. The van der Waals surface area contributed by atoms with Crippen molar-refractivity contribution >= 4 is 38.7 Å². The number of carbonyl (C=O) groups is 3. The van der Waals surface area contributed by atoms with E-state index < -0.39 is 28.1 Å². The average molecular weight is 613 g/mol. The minimum absolute atomic E-state index is 0.0563. The first kappa shape index (κ1) is 31.7. The van der Waals surface area contributed by atoms with E-state index in [0.29, 0.717) is 43.8 Å². The van der Waals surface area contributed by atoms with Gasteiger partial charge in [0.25, 0.3) is 5.91 Å². The van der Waals surface area contributed by atoms with Gasteiger partial charge in [-0.3, -0.25) is 14.8 Å². The summed E-state index contributed by atoms with van der Waals surface area (Å²) in [5.74, 6) is -0.662. The van der Waals surface area contributed by atoms with Gasteiger partial charge in [-0.2, -0.15) is 4.31 Å². The molecule has 12 nitrogen and oxygen atoms in total. The van der Waals surface area contributed by atoms with Gasteiger partial charge >= 0.3 is 6.09 Å². The SMILES string of the molecule is COc1ccc(S(=O)(=O)N(CCC(=O)N2CCC(CNC(=O)O)CC2)C(Cc2cccc3ccccc23)C(=O)NO)cc1. The molecule has 1 saturated heterocycles. The van der Waals surface area contributed by atoms with E-state index in [2.05, 4.69) is 5.32 Å². The molecule has 0 spiro atoms. The van der Waals surface area contributed by atoms with Crippen LogP contribution < -0.4 is 15.5 Å². The van der Waals surface area contributed by atoms with Crippen molar-refractivity contribution < 1.29 is 37.9 Å². The number of hydrogen-bond donors (Lipinski definition) is 4. The topological polar surface area (TPSA) is 166 Å². The number of sulfonamides is 1. The third kappa shape index (κ3) is 7.80. The third-order valence-electron chi connectivity index (χ3n) is 7.77. The molecule has 1 aliphatic heterocycles. The summed E-state index contributed by atoms with van der Waals surface area (Å²) < 4.78 is 34.2. The zero-order valence-corrected chi connectivity index (χ0v) is 24.6. The van der Waals surface area contributed by atoms with Crippen molar-refractivity contribution in [3.8, 4) is 5.75 Å². The largest absolute Gasteiger partial charge is 0.497 e. The Balaban J connectivity index is 1.61. The number of nitrogens with zero attached hydrogens (tertiary/aromatic N) is 2. The van der Waals surface area contributed by atoms with Gasteiger partial charge in [0, 0.05) is 32.6 Å². The third-order valence-corrected chi connectivity index (χ3v) is 9.70. The average Bonchev–Trinajstić information content (AvgIpc) is 3.03. The van der Waals surface area contributed by atoms with Crippen LogP contribution in [0.3, 0.4) is 0 Å². The number of carbonyl (C=O) groups excluding carboxylic acids is 2. The molecule has 4 rings (SSSR count). The fourth-order valence-electron chi connectivity index (χ4n) is 5.39. The summed E-state index contributed by atoms with van der Waals surface area (Å²) in [6.45, 7) is 0.813. The highest BCUT2D eigenvalue weighted by molar-refractivity contribution is 7.89. The Morgan fingerprint density at radius 3 is 2.35 bits per heavy atom. The normalized spacial score (nSPS) is 14.8. The predicted octanol–water partition coefficient (Wildman–Crippen LogP) is 2.85. The molecular weight excluding hydrogens is 576 g/mol. The zero-order valence-electron chi connectivity index (χ0n) is 23.8. The van der Waals surface area contributed by atoms with Gasteiger partial charge in [0.15, 0.2) is 0 Å². The quantitative estimate of drug-likeness (QED) is 0.179. The van der Waals surface area contributed by atoms with E-state index in [1.165, 1.54) is 31.4 Å². The molecule has 3 aromatic carbocycles. The Morgan fingerprint density at radius 1 is 1.02 bits per heavy atom. The van der Waals surface area contributed by atoms with Crippen LogP contribution in [0, 0.1) is 5.92 Å². The molecular formula is C30H36N4O8S. The maximum absolute atomic E-state index is 14.1. The Hall–Kier alpha value is -4.20. The van der Waals surface area contributed by atoms with Gasteiger partial charge in [-0.05, 0) is 65.8 Å². The van der Waals surface area contributed by atoms with E-state index in [1.807, 2.05) is 36.4 Å². The number of methoxy groups -OCH3 is 1. The zero-order chi connectivity index (χ0) is 31.0. The van der Waals surface area contributed by atoms with Crippen LogP contribution in [0.2, 0.25) is 0 Å². The Kier molecular flexibility index (Phi) is 10.6. The highest BCUT2D eigenvalue weighted by Gasteiger charge is 2.37. The van der Waals surface area contributed by atoms with Gasteiger partial charge in [-0.1, -0.05) is 42.5 Å². The van der Waals surface area contributed by atoms with Crippen LogP contribution in [0.15, 0.2) is 71.6 Å². The summed E-state index contributed by atoms with van der Waals surface area (Å²) in [6.07, 6.45) is -0.133. The molecule has 3 aromatic rings. The van der Waals surface area contributed by atoms with Gasteiger partial charge in [-0.15, -0.1) is 0 Å². The van der Waals surface area contributed by atoms with Gasteiger partial charge in [-0.25, -0.2) is 18.7 Å². The summed E-state index contributed by atoms with van der Waals surface area (Å²) in [5.41, 5.74) is 2.32. The maximum Gasteiger partial charge on any atom is 0.404 e. The number of ether oxygens (including phenoxy) is 1. The smallest absolute Gasteiger partial charge is 0.404 e. The molecule has 1 aliphatic rings. The Morgan fingerprint density at radius 2 is 1.70 bits per heavy atom. The second-order valence-electron chi connectivity index (χ2n) is 10.4. The number of benzene rings is 3. The van der Waals surface area contributed by atoms with Crippen LogP contribution >= 0.6 is 0 Å². The summed E-state index contributed by atoms with van der Waals surface area (Å²) in [4.78, 5) is 38.7. The minimum atomic E-state index is -4.33. The number of hydrogen-bond acceptors (Lipinski definition) is 7. The molecule has 1 unspecified atom stereocenters. The molecule has 230 valence electrons. The van der Waals surface area contributed by atoms with Crippen molar-refractivity contribution in [3.63, 3.8) is 0 Å². The standard InChI is InChI=1S/C30H36N4O8S/c1-42-24-9-11-25(12-10-24)43(40,41)34(18-15-28(35)33-16-13-21(14-17-33)20-31-30(37)38)27(29(36)32-39)19-23-7-4-6-22-5-2-3-8-26(22)23/h2-12,21,27,31,39H,13-20H2,1H3,(H,32,36)(H,37,38). The van der Waals surface area contributed by atoms with Gasteiger partial charge in [0.2, 0.25) is 15.9 Å². The van der Waals surface area contributed by atoms with Crippen LogP contribution in [0.25, 0.3) is 10.8 Å². The molecule has 1 heterocycles. The van der Waals surface area contributed by atoms with E-state index in [0.717, 1.165) is 15.1 Å². The van der Waals surface area contributed by atoms with Crippen molar-refractivity contribution in [1.82, 2.24) is 20.0 Å². The number of amides is 3. The molecule has 3 amide bonds. The lowest BCUT2D eigenvalue weighted by molar-refractivity contribution is -0.135. The summed E-state index contributed by atoms with van der Waals surface area (Å²) in [7, 11) is -2.88. The molecule has 4 N–H and O–H groups in total. The highest BCUT2D eigenvalue weighted by atomic mass is 32.2. The summed E-state index contributed by atoms with van der Waals surface area (Å²) in [6, 6.07) is 17.4. The number of fused-ring (bicyclic) bond motifs is 1. The summed E-state index contributed by atoms with van der Waals surface area (Å²) in [5, 5.41) is 22.6. The molecule has 0 aliphatic carbocycles. The van der Waals surface area contributed by atoms with Crippen molar-refractivity contribution in [3.05, 3.63) is 72.3 Å². The predicted molar refractivity (Wildman–Crippen MR) is 158 cm³/mol. The van der Waals surface area contributed by atoms with Crippen molar-refractivity contribution in [1.29, 1.82) is 0 Å². The Labute approximate surface area is 250 Å². The number of likely N-dealkylation sites (tertiary alicyclic amines) is 1. The lowest BCUT2D eigenvalue weighted by atomic mass is 9.96. The van der Waals surface area contributed by atoms with Crippen LogP contribution in [0.5, 0.6) is 5.75 Å². The van der Waals surface area contributed by atoms with E-state index in [1.54, 1.807) is 16.4 Å². The second-order valence-corrected chi connectivity index (χ2v) is 12.3. The van der Waals surface area contributed by atoms with Crippen molar-refractivity contribution in [2.75, 3.05) is 33.3 Å². The lowest BCUT2D eigenvalue weighted by Gasteiger charge is -2.33. The first-order chi connectivity index (χ1) is 20.6. The molecule has 43 heavy (non-hydrogen) atoms. The van der Waals surface area contributed by atoms with E-state index in [4.69, 9.17) is 9.84 Å². The maximum atomic E-state index is 14.1. The Bertz CT molecular complexity index is 1530. The van der Waals surface area contributed by atoms with E-state index in [-0.39, 0.29) is 36.1 Å². The number of piperidine rings is 1. The molecule has 13 heteroatoms. The minimum Gasteiger partial charge on any atom is -0.497 e. The first-order valence-electron chi connectivity index (χ1n) is 13.9.